The van der Waals surface area contributed by atoms with Gasteiger partial charge in [0.25, 0.3) is 0 Å². The zero-order valence-corrected chi connectivity index (χ0v) is 8.27. The van der Waals surface area contributed by atoms with Crippen molar-refractivity contribution < 1.29 is 19.4 Å². The van der Waals surface area contributed by atoms with Crippen molar-refractivity contribution in [2.75, 3.05) is 0 Å². The SMILES string of the molecule is CC(O)(CCC(=O)O)c1cncc(F)c1. The van der Waals surface area contributed by atoms with E-state index >= 15 is 0 Å². The summed E-state index contributed by atoms with van der Waals surface area (Å²) in [5, 5.41) is 18.4. The first-order chi connectivity index (χ1) is 6.92. The lowest BCUT2D eigenvalue weighted by atomic mass is 9.92. The van der Waals surface area contributed by atoms with E-state index in [1.165, 1.54) is 13.1 Å². The van der Waals surface area contributed by atoms with Gasteiger partial charge in [0.15, 0.2) is 0 Å². The third-order valence-electron chi connectivity index (χ3n) is 2.15. The molecule has 15 heavy (non-hydrogen) atoms. The van der Waals surface area contributed by atoms with Crippen LogP contribution >= 0.6 is 0 Å². The van der Waals surface area contributed by atoms with Gasteiger partial charge in [-0.1, -0.05) is 0 Å². The monoisotopic (exact) mass is 213 g/mol. The number of hydrogen-bond donors (Lipinski definition) is 2. The molecule has 0 aliphatic heterocycles. The summed E-state index contributed by atoms with van der Waals surface area (Å²) in [6.07, 6.45) is 2.19. The van der Waals surface area contributed by atoms with Crippen LogP contribution in [0.2, 0.25) is 0 Å². The van der Waals surface area contributed by atoms with Gasteiger partial charge in [-0.3, -0.25) is 9.78 Å². The highest BCUT2D eigenvalue weighted by Gasteiger charge is 2.24. The molecular weight excluding hydrogens is 201 g/mol. The first-order valence-electron chi connectivity index (χ1n) is 4.47. The first kappa shape index (κ1) is 11.6. The summed E-state index contributed by atoms with van der Waals surface area (Å²) in [7, 11) is 0. The second-order valence-electron chi connectivity index (χ2n) is 3.56. The fourth-order valence-corrected chi connectivity index (χ4v) is 1.20. The number of rotatable bonds is 4. The molecule has 0 aliphatic rings. The van der Waals surface area contributed by atoms with Crippen LogP contribution in [0.5, 0.6) is 0 Å². The van der Waals surface area contributed by atoms with E-state index in [9.17, 15) is 14.3 Å². The molecular formula is C10H12FNO3. The van der Waals surface area contributed by atoms with Gasteiger partial charge in [-0.2, -0.15) is 0 Å². The Kier molecular flexibility index (Phi) is 3.36. The van der Waals surface area contributed by atoms with E-state index in [2.05, 4.69) is 4.98 Å². The van der Waals surface area contributed by atoms with Crippen molar-refractivity contribution in [3.05, 3.63) is 29.8 Å². The topological polar surface area (TPSA) is 70.4 Å². The largest absolute Gasteiger partial charge is 0.481 e. The number of carboxylic acid groups (broad SMARTS) is 1. The average Bonchev–Trinajstić information content (AvgIpc) is 2.15. The highest BCUT2D eigenvalue weighted by Crippen LogP contribution is 2.25. The van der Waals surface area contributed by atoms with E-state index in [0.29, 0.717) is 0 Å². The summed E-state index contributed by atoms with van der Waals surface area (Å²) in [6.45, 7) is 1.44. The lowest BCUT2D eigenvalue weighted by Crippen LogP contribution is -2.22. The number of carboxylic acids is 1. The minimum absolute atomic E-state index is 0.0213. The third-order valence-corrected chi connectivity index (χ3v) is 2.15. The van der Waals surface area contributed by atoms with Crippen molar-refractivity contribution in [3.8, 4) is 0 Å². The van der Waals surface area contributed by atoms with Gasteiger partial charge in [0.05, 0.1) is 11.8 Å². The van der Waals surface area contributed by atoms with E-state index in [1.54, 1.807) is 0 Å². The average molecular weight is 213 g/mol. The Bertz CT molecular complexity index is 365. The molecule has 1 heterocycles. The van der Waals surface area contributed by atoms with Crippen LogP contribution < -0.4 is 0 Å². The maximum absolute atomic E-state index is 12.8. The van der Waals surface area contributed by atoms with Crippen LogP contribution in [0.3, 0.4) is 0 Å². The Morgan fingerprint density at radius 1 is 1.60 bits per heavy atom. The molecule has 1 atom stereocenters. The molecule has 0 radical (unpaired) electrons. The number of hydrogen-bond acceptors (Lipinski definition) is 3. The van der Waals surface area contributed by atoms with Crippen molar-refractivity contribution in [1.29, 1.82) is 0 Å². The van der Waals surface area contributed by atoms with Crippen LogP contribution in [0.1, 0.15) is 25.3 Å². The molecule has 0 spiro atoms. The highest BCUT2D eigenvalue weighted by atomic mass is 19.1. The van der Waals surface area contributed by atoms with Gasteiger partial charge in [-0.15, -0.1) is 0 Å². The fourth-order valence-electron chi connectivity index (χ4n) is 1.20. The number of pyridine rings is 1. The van der Waals surface area contributed by atoms with Crippen LogP contribution in [0.15, 0.2) is 18.5 Å². The summed E-state index contributed by atoms with van der Waals surface area (Å²) in [6, 6.07) is 1.15. The van der Waals surface area contributed by atoms with Gasteiger partial charge in [-0.05, 0) is 19.4 Å². The number of halogens is 1. The molecule has 1 aromatic rings. The summed E-state index contributed by atoms with van der Waals surface area (Å²) >= 11 is 0. The second-order valence-corrected chi connectivity index (χ2v) is 3.56. The molecule has 82 valence electrons. The lowest BCUT2D eigenvalue weighted by molar-refractivity contribution is -0.138. The van der Waals surface area contributed by atoms with Crippen LogP contribution in [-0.4, -0.2) is 21.2 Å². The molecule has 0 bridgehead atoms. The number of aliphatic hydroxyl groups is 1. The molecule has 0 fully saturated rings. The zero-order valence-electron chi connectivity index (χ0n) is 8.27. The van der Waals surface area contributed by atoms with Crippen molar-refractivity contribution in [2.24, 2.45) is 0 Å². The molecule has 1 rings (SSSR count). The van der Waals surface area contributed by atoms with E-state index in [0.717, 1.165) is 12.3 Å². The van der Waals surface area contributed by atoms with Crippen molar-refractivity contribution in [3.63, 3.8) is 0 Å². The summed E-state index contributed by atoms with van der Waals surface area (Å²) in [5.41, 5.74) is -1.09. The maximum atomic E-state index is 12.8. The Morgan fingerprint density at radius 3 is 2.80 bits per heavy atom. The quantitative estimate of drug-likeness (QED) is 0.790. The standard InChI is InChI=1S/C10H12FNO3/c1-10(15,3-2-9(13)14)7-4-8(11)6-12-5-7/h4-6,15H,2-3H2,1H3,(H,13,14). The molecule has 2 N–H and O–H groups in total. The van der Waals surface area contributed by atoms with Crippen LogP contribution in [0.4, 0.5) is 4.39 Å². The van der Waals surface area contributed by atoms with Crippen molar-refractivity contribution in [2.45, 2.75) is 25.4 Å². The van der Waals surface area contributed by atoms with Gasteiger partial charge in [0, 0.05) is 18.2 Å². The third kappa shape index (κ3) is 3.28. The van der Waals surface area contributed by atoms with Crippen molar-refractivity contribution >= 4 is 5.97 Å². The Hall–Kier alpha value is -1.49. The molecule has 0 saturated heterocycles. The summed E-state index contributed by atoms with van der Waals surface area (Å²) in [5.74, 6) is -1.55. The first-order valence-corrected chi connectivity index (χ1v) is 4.47. The van der Waals surface area contributed by atoms with Gasteiger partial charge < -0.3 is 10.2 Å². The normalized spacial score (nSPS) is 14.6. The molecule has 1 aromatic heterocycles. The summed E-state index contributed by atoms with van der Waals surface area (Å²) < 4.78 is 12.8. The fraction of sp³-hybridized carbons (Fsp3) is 0.400. The Labute approximate surface area is 86.4 Å². The number of nitrogens with zero attached hydrogens (tertiary/aromatic N) is 1. The molecule has 0 aliphatic carbocycles. The molecule has 1 unspecified atom stereocenters. The second kappa shape index (κ2) is 4.35. The number of aliphatic carboxylic acids is 1. The minimum Gasteiger partial charge on any atom is -0.481 e. The molecule has 5 heteroatoms. The van der Waals surface area contributed by atoms with Gasteiger partial charge >= 0.3 is 5.97 Å². The smallest absolute Gasteiger partial charge is 0.303 e. The van der Waals surface area contributed by atoms with E-state index in [-0.39, 0.29) is 18.4 Å². The Balaban J connectivity index is 2.80. The molecule has 0 saturated carbocycles. The van der Waals surface area contributed by atoms with E-state index in [1.807, 2.05) is 0 Å². The van der Waals surface area contributed by atoms with E-state index in [4.69, 9.17) is 5.11 Å². The molecule has 0 aromatic carbocycles. The van der Waals surface area contributed by atoms with Gasteiger partial charge in [0.2, 0.25) is 0 Å². The molecule has 4 nitrogen and oxygen atoms in total. The van der Waals surface area contributed by atoms with E-state index < -0.39 is 17.4 Å². The van der Waals surface area contributed by atoms with Gasteiger partial charge in [-0.25, -0.2) is 4.39 Å². The highest BCUT2D eigenvalue weighted by molar-refractivity contribution is 5.66. The Morgan fingerprint density at radius 2 is 2.27 bits per heavy atom. The van der Waals surface area contributed by atoms with Crippen molar-refractivity contribution in [1.82, 2.24) is 4.98 Å². The van der Waals surface area contributed by atoms with Crippen LogP contribution in [-0.2, 0) is 10.4 Å². The summed E-state index contributed by atoms with van der Waals surface area (Å²) in [4.78, 5) is 13.9. The predicted octanol–water partition coefficient (Wildman–Crippen LogP) is 1.29. The minimum atomic E-state index is -1.37. The maximum Gasteiger partial charge on any atom is 0.303 e. The number of aromatic nitrogens is 1. The van der Waals surface area contributed by atoms with Gasteiger partial charge in [0.1, 0.15) is 5.82 Å². The zero-order chi connectivity index (χ0) is 11.5. The predicted molar refractivity (Wildman–Crippen MR) is 50.6 cm³/mol. The lowest BCUT2D eigenvalue weighted by Gasteiger charge is -2.22. The molecule has 0 amide bonds. The van der Waals surface area contributed by atoms with Crippen LogP contribution in [0.25, 0.3) is 0 Å². The number of carbonyl (C=O) groups is 1. The van der Waals surface area contributed by atoms with Crippen LogP contribution in [0, 0.1) is 5.82 Å².